The Balaban J connectivity index is 2.28. The molecule has 6 nitrogen and oxygen atoms in total. The molecule has 0 fully saturated rings. The van der Waals surface area contributed by atoms with Crippen LogP contribution in [0.1, 0.15) is 26.1 Å². The third-order valence-electron chi connectivity index (χ3n) is 2.29. The molecule has 1 aromatic heterocycles. The van der Waals surface area contributed by atoms with E-state index in [0.717, 1.165) is 32.0 Å². The van der Waals surface area contributed by atoms with E-state index in [1.807, 2.05) is 0 Å². The third-order valence-corrected chi connectivity index (χ3v) is 2.29. The van der Waals surface area contributed by atoms with Crippen LogP contribution < -0.4 is 11.1 Å². The Morgan fingerprint density at radius 1 is 1.37 bits per heavy atom. The van der Waals surface area contributed by atoms with Gasteiger partial charge in [0, 0.05) is 32.9 Å². The number of aromatic nitrogens is 2. The minimum atomic E-state index is 0.358. The van der Waals surface area contributed by atoms with Gasteiger partial charge in [-0.1, -0.05) is 13.8 Å². The van der Waals surface area contributed by atoms with Crippen molar-refractivity contribution in [3.8, 4) is 0 Å². The number of nitrogens with one attached hydrogen (secondary N) is 1. The molecule has 0 spiro atoms. The fraction of sp³-hybridized carbons (Fsp3) is 0.692. The van der Waals surface area contributed by atoms with Gasteiger partial charge in [0.05, 0.1) is 0 Å². The lowest BCUT2D eigenvalue weighted by Crippen LogP contribution is -2.11. The summed E-state index contributed by atoms with van der Waals surface area (Å²) in [4.78, 5) is 8.38. The first-order chi connectivity index (χ1) is 9.11. The molecule has 0 bridgehead atoms. The molecule has 19 heavy (non-hydrogen) atoms. The van der Waals surface area contributed by atoms with Crippen molar-refractivity contribution >= 4 is 11.6 Å². The van der Waals surface area contributed by atoms with Gasteiger partial charge in [-0.15, -0.1) is 0 Å². The Kier molecular flexibility index (Phi) is 7.14. The molecule has 0 amide bonds. The van der Waals surface area contributed by atoms with Crippen molar-refractivity contribution in [2.45, 2.75) is 26.9 Å². The fourth-order valence-electron chi connectivity index (χ4n) is 1.51. The van der Waals surface area contributed by atoms with Crippen LogP contribution in [0.3, 0.4) is 0 Å². The van der Waals surface area contributed by atoms with Crippen molar-refractivity contribution < 1.29 is 9.47 Å². The van der Waals surface area contributed by atoms with Crippen LogP contribution in [0.15, 0.2) is 6.07 Å². The Morgan fingerprint density at radius 3 is 2.84 bits per heavy atom. The average Bonchev–Trinajstić information content (AvgIpc) is 2.33. The van der Waals surface area contributed by atoms with E-state index in [1.165, 1.54) is 0 Å². The van der Waals surface area contributed by atoms with Crippen molar-refractivity contribution in [1.82, 2.24) is 9.97 Å². The van der Waals surface area contributed by atoms with Gasteiger partial charge in [-0.3, -0.25) is 0 Å². The Morgan fingerprint density at radius 2 is 2.16 bits per heavy atom. The molecule has 3 N–H and O–H groups in total. The summed E-state index contributed by atoms with van der Waals surface area (Å²) in [5, 5.41) is 3.21. The molecule has 0 aliphatic rings. The highest BCUT2D eigenvalue weighted by atomic mass is 16.5. The summed E-state index contributed by atoms with van der Waals surface area (Å²) < 4.78 is 10.5. The first-order valence-corrected chi connectivity index (χ1v) is 6.55. The zero-order chi connectivity index (χ0) is 14.1. The molecular formula is C13H24N4O2. The molecule has 1 aromatic rings. The Bertz CT molecular complexity index is 372. The van der Waals surface area contributed by atoms with Crippen molar-refractivity contribution in [2.75, 3.05) is 37.9 Å². The van der Waals surface area contributed by atoms with E-state index in [2.05, 4.69) is 29.1 Å². The molecule has 108 valence electrons. The number of hydrogen-bond donors (Lipinski definition) is 2. The third kappa shape index (κ3) is 6.93. The van der Waals surface area contributed by atoms with Crippen LogP contribution in [0.25, 0.3) is 0 Å². The van der Waals surface area contributed by atoms with Gasteiger partial charge in [0.1, 0.15) is 18.2 Å². The minimum absolute atomic E-state index is 0.358. The number of nitrogens with two attached hydrogens (primary N) is 1. The summed E-state index contributed by atoms with van der Waals surface area (Å²) >= 11 is 0. The maximum absolute atomic E-state index is 5.70. The van der Waals surface area contributed by atoms with Crippen LogP contribution in [0.4, 0.5) is 11.6 Å². The van der Waals surface area contributed by atoms with Crippen LogP contribution >= 0.6 is 0 Å². The summed E-state index contributed by atoms with van der Waals surface area (Å²) in [5.74, 6) is 2.33. The summed E-state index contributed by atoms with van der Waals surface area (Å²) in [7, 11) is 1.60. The lowest BCUT2D eigenvalue weighted by Gasteiger charge is -2.09. The van der Waals surface area contributed by atoms with Crippen molar-refractivity contribution in [3.63, 3.8) is 0 Å². The molecule has 6 heteroatoms. The molecule has 0 atom stereocenters. The van der Waals surface area contributed by atoms with Gasteiger partial charge in [-0.05, 0) is 12.3 Å². The zero-order valence-electron chi connectivity index (χ0n) is 12.0. The van der Waals surface area contributed by atoms with Crippen LogP contribution in [0.2, 0.25) is 0 Å². The molecule has 1 rings (SSSR count). The van der Waals surface area contributed by atoms with Crippen molar-refractivity contribution in [2.24, 2.45) is 5.92 Å². The first kappa shape index (κ1) is 15.7. The van der Waals surface area contributed by atoms with Gasteiger partial charge in [0.15, 0.2) is 5.82 Å². The van der Waals surface area contributed by atoms with Gasteiger partial charge in [0.2, 0.25) is 0 Å². The maximum Gasteiger partial charge on any atom is 0.158 e. The smallest absolute Gasteiger partial charge is 0.158 e. The molecule has 0 aliphatic carbocycles. The van der Waals surface area contributed by atoms with E-state index < -0.39 is 0 Å². The zero-order valence-corrected chi connectivity index (χ0v) is 12.0. The highest BCUT2D eigenvalue weighted by Gasteiger charge is 2.02. The van der Waals surface area contributed by atoms with E-state index in [1.54, 1.807) is 13.2 Å². The van der Waals surface area contributed by atoms with Crippen LogP contribution in [-0.2, 0) is 16.1 Å². The van der Waals surface area contributed by atoms with E-state index >= 15 is 0 Å². The maximum atomic E-state index is 5.70. The number of nitrogen functional groups attached to an aromatic ring is 1. The Labute approximate surface area is 114 Å². The van der Waals surface area contributed by atoms with Crippen LogP contribution in [0.5, 0.6) is 0 Å². The van der Waals surface area contributed by atoms with E-state index in [4.69, 9.17) is 15.2 Å². The van der Waals surface area contributed by atoms with E-state index in [9.17, 15) is 0 Å². The predicted molar refractivity (Wildman–Crippen MR) is 75.9 cm³/mol. The quantitative estimate of drug-likeness (QED) is 0.663. The fourth-order valence-corrected chi connectivity index (χ4v) is 1.51. The molecule has 0 aromatic carbocycles. The standard InChI is InChI=1S/C13H24N4O2/c1-10(2)8-19-6-4-5-15-12-7-11(14)16-13(17-12)9-18-3/h7,10H,4-6,8-9H2,1-3H3,(H3,14,15,16,17). The molecule has 0 saturated carbocycles. The predicted octanol–water partition coefficient (Wildman–Crippen LogP) is 1.68. The summed E-state index contributed by atoms with van der Waals surface area (Å²) in [6.07, 6.45) is 0.927. The van der Waals surface area contributed by atoms with Gasteiger partial charge >= 0.3 is 0 Å². The second-order valence-corrected chi connectivity index (χ2v) is 4.78. The summed E-state index contributed by atoms with van der Waals surface area (Å²) in [6.45, 7) is 6.98. The highest BCUT2D eigenvalue weighted by Crippen LogP contribution is 2.09. The second kappa shape index (κ2) is 8.66. The topological polar surface area (TPSA) is 82.3 Å². The number of hydrogen-bond acceptors (Lipinski definition) is 6. The number of methoxy groups -OCH3 is 1. The monoisotopic (exact) mass is 268 g/mol. The van der Waals surface area contributed by atoms with E-state index in [-0.39, 0.29) is 0 Å². The number of nitrogens with zero attached hydrogens (tertiary/aromatic N) is 2. The van der Waals surface area contributed by atoms with Gasteiger partial charge in [-0.25, -0.2) is 9.97 Å². The normalized spacial score (nSPS) is 10.9. The number of rotatable bonds is 9. The lowest BCUT2D eigenvalue weighted by atomic mass is 10.2. The van der Waals surface area contributed by atoms with E-state index in [0.29, 0.717) is 24.2 Å². The van der Waals surface area contributed by atoms with Gasteiger partial charge in [-0.2, -0.15) is 0 Å². The number of ether oxygens (including phenoxy) is 2. The SMILES string of the molecule is COCc1nc(N)cc(NCCCOCC(C)C)n1. The Hall–Kier alpha value is -1.40. The first-order valence-electron chi connectivity index (χ1n) is 6.55. The minimum Gasteiger partial charge on any atom is -0.384 e. The lowest BCUT2D eigenvalue weighted by molar-refractivity contribution is 0.110. The molecule has 1 heterocycles. The molecule has 0 unspecified atom stereocenters. The summed E-state index contributed by atoms with van der Waals surface area (Å²) in [5.41, 5.74) is 5.70. The van der Waals surface area contributed by atoms with Gasteiger partial charge < -0.3 is 20.5 Å². The van der Waals surface area contributed by atoms with Crippen molar-refractivity contribution in [1.29, 1.82) is 0 Å². The van der Waals surface area contributed by atoms with Gasteiger partial charge in [0.25, 0.3) is 0 Å². The number of anilines is 2. The average molecular weight is 268 g/mol. The highest BCUT2D eigenvalue weighted by molar-refractivity contribution is 5.44. The largest absolute Gasteiger partial charge is 0.384 e. The molecular weight excluding hydrogens is 244 g/mol. The molecule has 0 radical (unpaired) electrons. The van der Waals surface area contributed by atoms with Crippen LogP contribution in [0, 0.1) is 5.92 Å². The summed E-state index contributed by atoms with van der Waals surface area (Å²) in [6, 6.07) is 1.72. The van der Waals surface area contributed by atoms with Crippen LogP contribution in [-0.4, -0.2) is 36.8 Å². The molecule has 0 aliphatic heterocycles. The second-order valence-electron chi connectivity index (χ2n) is 4.78. The molecule has 0 saturated heterocycles. The van der Waals surface area contributed by atoms with Crippen molar-refractivity contribution in [3.05, 3.63) is 11.9 Å².